The molecule has 0 rings (SSSR count). The lowest BCUT2D eigenvalue weighted by Crippen LogP contribution is -2.36. The van der Waals surface area contributed by atoms with Crippen LogP contribution in [0.4, 0.5) is 0 Å². The maximum Gasteiger partial charge on any atom is 0.232 e. The molecule has 0 fully saturated rings. The average Bonchev–Trinajstić information content (AvgIpc) is 1.88. The van der Waals surface area contributed by atoms with E-state index >= 15 is 0 Å². The largest absolute Gasteiger partial charge is 0.369 e. The van der Waals surface area contributed by atoms with Crippen LogP contribution in [0.15, 0.2) is 0 Å². The van der Waals surface area contributed by atoms with Crippen LogP contribution >= 0.6 is 0 Å². The molecule has 0 radical (unpaired) electrons. The number of carbonyl (C=O) groups is 2. The van der Waals surface area contributed by atoms with Gasteiger partial charge in [0.25, 0.3) is 0 Å². The molecule has 0 aliphatic carbocycles. The SMILES string of the molecule is CCC(C(N)=O)C(=O)NC. The molecule has 4 nitrogen and oxygen atoms in total. The maximum atomic E-state index is 10.8. The minimum absolute atomic E-state index is 0.310. The highest BCUT2D eigenvalue weighted by Crippen LogP contribution is 1.99. The van der Waals surface area contributed by atoms with Crippen LogP contribution in [-0.4, -0.2) is 18.9 Å². The fourth-order valence-corrected chi connectivity index (χ4v) is 0.690. The Balaban J connectivity index is 4.06. The highest BCUT2D eigenvalue weighted by atomic mass is 16.2. The molecule has 1 atom stereocenters. The number of primary amides is 1. The summed E-state index contributed by atoms with van der Waals surface area (Å²) in [5.74, 6) is -1.55. The molecule has 0 aliphatic rings. The standard InChI is InChI=1S/C6H12N2O2/c1-3-4(5(7)9)6(10)8-2/h4H,3H2,1-2H3,(H2,7,9)(H,8,10). The summed E-state index contributed by atoms with van der Waals surface area (Å²) in [4.78, 5) is 21.3. The first-order valence-corrected chi connectivity index (χ1v) is 3.14. The third kappa shape index (κ3) is 2.05. The van der Waals surface area contributed by atoms with Crippen LogP contribution < -0.4 is 11.1 Å². The van der Waals surface area contributed by atoms with Crippen LogP contribution in [0.3, 0.4) is 0 Å². The van der Waals surface area contributed by atoms with Gasteiger partial charge in [-0.3, -0.25) is 9.59 Å². The first-order chi connectivity index (χ1) is 4.63. The zero-order chi connectivity index (χ0) is 8.15. The molecular weight excluding hydrogens is 132 g/mol. The molecule has 0 aromatic rings. The monoisotopic (exact) mass is 144 g/mol. The van der Waals surface area contributed by atoms with Gasteiger partial charge in [-0.05, 0) is 6.42 Å². The van der Waals surface area contributed by atoms with Crippen molar-refractivity contribution in [1.29, 1.82) is 0 Å². The number of amides is 2. The summed E-state index contributed by atoms with van der Waals surface area (Å²) in [6, 6.07) is 0. The van der Waals surface area contributed by atoms with Gasteiger partial charge in [-0.1, -0.05) is 6.92 Å². The van der Waals surface area contributed by atoms with E-state index < -0.39 is 11.8 Å². The van der Waals surface area contributed by atoms with Crippen molar-refractivity contribution in [3.63, 3.8) is 0 Å². The molecule has 3 N–H and O–H groups in total. The third-order valence-electron chi connectivity index (χ3n) is 1.31. The number of hydrogen-bond donors (Lipinski definition) is 2. The fourth-order valence-electron chi connectivity index (χ4n) is 0.690. The second-order valence-electron chi connectivity index (χ2n) is 1.98. The molecule has 0 saturated heterocycles. The number of carbonyl (C=O) groups excluding carboxylic acids is 2. The van der Waals surface area contributed by atoms with Crippen LogP contribution in [0.2, 0.25) is 0 Å². The minimum atomic E-state index is -0.676. The van der Waals surface area contributed by atoms with Gasteiger partial charge >= 0.3 is 0 Å². The smallest absolute Gasteiger partial charge is 0.232 e. The van der Waals surface area contributed by atoms with Gasteiger partial charge < -0.3 is 11.1 Å². The Kier molecular flexibility index (Phi) is 3.46. The lowest BCUT2D eigenvalue weighted by atomic mass is 10.1. The first kappa shape index (κ1) is 8.94. The summed E-state index contributed by atoms with van der Waals surface area (Å²) in [5, 5.41) is 2.36. The van der Waals surface area contributed by atoms with E-state index in [1.165, 1.54) is 7.05 Å². The van der Waals surface area contributed by atoms with Crippen molar-refractivity contribution in [1.82, 2.24) is 5.32 Å². The Hall–Kier alpha value is -1.06. The van der Waals surface area contributed by atoms with Gasteiger partial charge in [-0.2, -0.15) is 0 Å². The molecule has 58 valence electrons. The molecule has 0 saturated carbocycles. The van der Waals surface area contributed by atoms with Gasteiger partial charge in [0, 0.05) is 7.05 Å². The molecule has 0 aliphatic heterocycles. The quantitative estimate of drug-likeness (QED) is 0.511. The zero-order valence-corrected chi connectivity index (χ0v) is 6.18. The van der Waals surface area contributed by atoms with Gasteiger partial charge in [-0.15, -0.1) is 0 Å². The second-order valence-corrected chi connectivity index (χ2v) is 1.98. The highest BCUT2D eigenvalue weighted by Gasteiger charge is 2.19. The molecule has 0 spiro atoms. The molecule has 0 bridgehead atoms. The van der Waals surface area contributed by atoms with Crippen molar-refractivity contribution >= 4 is 11.8 Å². The summed E-state index contributed by atoms with van der Waals surface area (Å²) in [7, 11) is 1.48. The van der Waals surface area contributed by atoms with E-state index in [0.717, 1.165) is 0 Å². The van der Waals surface area contributed by atoms with Crippen molar-refractivity contribution in [3.05, 3.63) is 0 Å². The molecule has 0 heterocycles. The molecule has 0 aromatic carbocycles. The maximum absolute atomic E-state index is 10.8. The molecule has 2 amide bonds. The Morgan fingerprint density at radius 2 is 2.10 bits per heavy atom. The van der Waals surface area contributed by atoms with E-state index in [-0.39, 0.29) is 5.91 Å². The van der Waals surface area contributed by atoms with Crippen LogP contribution in [-0.2, 0) is 9.59 Å². The van der Waals surface area contributed by atoms with Crippen LogP contribution in [0.25, 0.3) is 0 Å². The Bertz CT molecular complexity index is 145. The minimum Gasteiger partial charge on any atom is -0.369 e. The van der Waals surface area contributed by atoms with Crippen molar-refractivity contribution in [3.8, 4) is 0 Å². The van der Waals surface area contributed by atoms with E-state index in [2.05, 4.69) is 5.32 Å². The summed E-state index contributed by atoms with van der Waals surface area (Å²) < 4.78 is 0. The number of nitrogens with one attached hydrogen (secondary N) is 1. The summed E-state index contributed by atoms with van der Waals surface area (Å²) in [6.45, 7) is 1.74. The van der Waals surface area contributed by atoms with E-state index in [4.69, 9.17) is 5.73 Å². The molecular formula is C6H12N2O2. The van der Waals surface area contributed by atoms with Gasteiger partial charge in [0.05, 0.1) is 0 Å². The van der Waals surface area contributed by atoms with E-state index in [1.807, 2.05) is 0 Å². The number of nitrogens with two attached hydrogens (primary N) is 1. The van der Waals surface area contributed by atoms with Gasteiger partial charge in [0.15, 0.2) is 0 Å². The Labute approximate surface area is 59.8 Å². The molecule has 0 aromatic heterocycles. The van der Waals surface area contributed by atoms with Crippen molar-refractivity contribution < 1.29 is 9.59 Å². The highest BCUT2D eigenvalue weighted by molar-refractivity contribution is 5.99. The lowest BCUT2D eigenvalue weighted by Gasteiger charge is -2.07. The first-order valence-electron chi connectivity index (χ1n) is 3.14. The molecule has 1 unspecified atom stereocenters. The lowest BCUT2D eigenvalue weighted by molar-refractivity contribution is -0.133. The predicted octanol–water partition coefficient (Wildman–Crippen LogP) is -0.756. The van der Waals surface area contributed by atoms with E-state index in [0.29, 0.717) is 6.42 Å². The number of rotatable bonds is 3. The zero-order valence-electron chi connectivity index (χ0n) is 6.18. The topological polar surface area (TPSA) is 72.2 Å². The van der Waals surface area contributed by atoms with E-state index in [1.54, 1.807) is 6.92 Å². The van der Waals surface area contributed by atoms with Crippen LogP contribution in [0.1, 0.15) is 13.3 Å². The van der Waals surface area contributed by atoms with E-state index in [9.17, 15) is 9.59 Å². The normalized spacial score (nSPS) is 12.2. The van der Waals surface area contributed by atoms with Crippen molar-refractivity contribution in [2.45, 2.75) is 13.3 Å². The number of hydrogen-bond acceptors (Lipinski definition) is 2. The van der Waals surface area contributed by atoms with Crippen molar-refractivity contribution in [2.75, 3.05) is 7.05 Å². The Morgan fingerprint density at radius 1 is 1.60 bits per heavy atom. The third-order valence-corrected chi connectivity index (χ3v) is 1.31. The summed E-state index contributed by atoms with van der Waals surface area (Å²) in [6.07, 6.45) is 0.453. The average molecular weight is 144 g/mol. The molecule has 10 heavy (non-hydrogen) atoms. The van der Waals surface area contributed by atoms with Gasteiger partial charge in [0.1, 0.15) is 5.92 Å². The van der Waals surface area contributed by atoms with Gasteiger partial charge in [-0.25, -0.2) is 0 Å². The van der Waals surface area contributed by atoms with Crippen LogP contribution in [0, 0.1) is 5.92 Å². The molecule has 4 heteroatoms. The predicted molar refractivity (Wildman–Crippen MR) is 37.0 cm³/mol. The van der Waals surface area contributed by atoms with Crippen molar-refractivity contribution in [2.24, 2.45) is 11.7 Å². The summed E-state index contributed by atoms with van der Waals surface area (Å²) in [5.41, 5.74) is 4.92. The fraction of sp³-hybridized carbons (Fsp3) is 0.667. The summed E-state index contributed by atoms with van der Waals surface area (Å²) >= 11 is 0. The second kappa shape index (κ2) is 3.87. The van der Waals surface area contributed by atoms with Crippen LogP contribution in [0.5, 0.6) is 0 Å². The Morgan fingerprint density at radius 3 is 2.20 bits per heavy atom. The van der Waals surface area contributed by atoms with Gasteiger partial charge in [0.2, 0.25) is 11.8 Å².